The van der Waals surface area contributed by atoms with Gasteiger partial charge in [0.25, 0.3) is 0 Å². The lowest BCUT2D eigenvalue weighted by molar-refractivity contribution is -0.142. The number of rotatable bonds is 13. The predicted octanol–water partition coefficient (Wildman–Crippen LogP) is -0.580. The van der Waals surface area contributed by atoms with Gasteiger partial charge >= 0.3 is 5.97 Å². The van der Waals surface area contributed by atoms with Gasteiger partial charge in [0.15, 0.2) is 0 Å². The second kappa shape index (κ2) is 13.2. The van der Waals surface area contributed by atoms with Crippen LogP contribution in [-0.2, 0) is 36.8 Å². The van der Waals surface area contributed by atoms with Crippen LogP contribution in [0.1, 0.15) is 24.5 Å². The summed E-state index contributed by atoms with van der Waals surface area (Å²) in [5.74, 6) is -4.57. The van der Waals surface area contributed by atoms with Crippen molar-refractivity contribution in [3.05, 3.63) is 65.9 Å². The zero-order valence-electron chi connectivity index (χ0n) is 21.7. The molecule has 0 aliphatic carbocycles. The van der Waals surface area contributed by atoms with E-state index in [1.807, 2.05) is 18.2 Å². The number of carboxylic acid groups (broad SMARTS) is 1. The van der Waals surface area contributed by atoms with Crippen molar-refractivity contribution in [1.82, 2.24) is 20.9 Å². The number of aliphatic carboxylic acids is 1. The third kappa shape index (κ3) is 8.04. The smallest absolute Gasteiger partial charge is 0.326 e. The number of primary amides is 1. The topological polar surface area (TPSA) is 230 Å². The number of benzene rings is 2. The molecule has 0 fully saturated rings. The number of para-hydroxylation sites is 1. The van der Waals surface area contributed by atoms with Gasteiger partial charge in [-0.3, -0.25) is 19.2 Å². The van der Waals surface area contributed by atoms with Gasteiger partial charge in [-0.25, -0.2) is 4.79 Å². The molecule has 212 valence electrons. The fourth-order valence-corrected chi connectivity index (χ4v) is 4.06. The van der Waals surface area contributed by atoms with Crippen molar-refractivity contribution >= 4 is 40.5 Å². The number of phenols is 1. The lowest BCUT2D eigenvalue weighted by atomic mass is 10.0. The molecule has 10 N–H and O–H groups in total. The number of carbonyl (C=O) groups is 5. The van der Waals surface area contributed by atoms with Gasteiger partial charge < -0.3 is 42.6 Å². The summed E-state index contributed by atoms with van der Waals surface area (Å²) in [5, 5.41) is 27.4. The lowest BCUT2D eigenvalue weighted by Crippen LogP contribution is -2.58. The molecule has 40 heavy (non-hydrogen) atoms. The number of aromatic nitrogens is 1. The molecule has 0 bridgehead atoms. The Bertz CT molecular complexity index is 1390. The highest BCUT2D eigenvalue weighted by Gasteiger charge is 2.31. The first-order valence-corrected chi connectivity index (χ1v) is 12.4. The van der Waals surface area contributed by atoms with E-state index in [2.05, 4.69) is 20.9 Å². The van der Waals surface area contributed by atoms with Gasteiger partial charge in [-0.1, -0.05) is 30.3 Å². The van der Waals surface area contributed by atoms with Crippen LogP contribution in [0.5, 0.6) is 5.75 Å². The number of aromatic hydroxyl groups is 1. The minimum absolute atomic E-state index is 0.00259. The third-order valence-electron chi connectivity index (χ3n) is 6.17. The maximum atomic E-state index is 13.4. The second-order valence-corrected chi connectivity index (χ2v) is 9.42. The van der Waals surface area contributed by atoms with Crippen molar-refractivity contribution in [1.29, 1.82) is 0 Å². The van der Waals surface area contributed by atoms with E-state index < -0.39 is 60.2 Å². The molecule has 4 unspecified atom stereocenters. The molecule has 2 aromatic carbocycles. The average molecular weight is 553 g/mol. The van der Waals surface area contributed by atoms with Crippen LogP contribution in [0.25, 0.3) is 10.9 Å². The van der Waals surface area contributed by atoms with E-state index in [0.717, 1.165) is 10.9 Å². The summed E-state index contributed by atoms with van der Waals surface area (Å²) < 4.78 is 0. The molecule has 1 heterocycles. The molecule has 3 aromatic rings. The van der Waals surface area contributed by atoms with Crippen LogP contribution in [0.4, 0.5) is 0 Å². The third-order valence-corrected chi connectivity index (χ3v) is 6.17. The molecule has 13 nitrogen and oxygen atoms in total. The number of carbonyl (C=O) groups excluding carboxylic acids is 4. The van der Waals surface area contributed by atoms with Crippen LogP contribution in [0.2, 0.25) is 0 Å². The number of nitrogens with one attached hydrogen (secondary N) is 4. The summed E-state index contributed by atoms with van der Waals surface area (Å²) >= 11 is 0. The molecular formula is C27H32N6O7. The summed E-state index contributed by atoms with van der Waals surface area (Å²) in [6.45, 7) is 1.39. The minimum Gasteiger partial charge on any atom is -0.508 e. The fourth-order valence-electron chi connectivity index (χ4n) is 4.06. The van der Waals surface area contributed by atoms with Gasteiger partial charge in [-0.15, -0.1) is 0 Å². The monoisotopic (exact) mass is 552 g/mol. The van der Waals surface area contributed by atoms with Crippen molar-refractivity contribution in [2.24, 2.45) is 11.5 Å². The maximum Gasteiger partial charge on any atom is 0.326 e. The highest BCUT2D eigenvalue weighted by molar-refractivity contribution is 5.96. The number of hydrogen-bond acceptors (Lipinski definition) is 7. The van der Waals surface area contributed by atoms with E-state index in [9.17, 15) is 34.2 Å². The molecule has 3 rings (SSSR count). The Balaban J connectivity index is 1.87. The van der Waals surface area contributed by atoms with Crippen molar-refractivity contribution in [3.63, 3.8) is 0 Å². The largest absolute Gasteiger partial charge is 0.508 e. The maximum absolute atomic E-state index is 13.4. The Kier molecular flexibility index (Phi) is 9.81. The summed E-state index contributed by atoms with van der Waals surface area (Å²) in [4.78, 5) is 65.4. The van der Waals surface area contributed by atoms with Gasteiger partial charge in [0.1, 0.15) is 23.9 Å². The number of amides is 4. The van der Waals surface area contributed by atoms with E-state index in [-0.39, 0.29) is 18.6 Å². The number of hydrogen-bond donors (Lipinski definition) is 8. The van der Waals surface area contributed by atoms with Crippen molar-refractivity contribution in [2.45, 2.75) is 50.4 Å². The molecule has 0 saturated heterocycles. The molecular weight excluding hydrogens is 520 g/mol. The van der Waals surface area contributed by atoms with Crippen LogP contribution >= 0.6 is 0 Å². The molecule has 13 heteroatoms. The number of phenolic OH excluding ortho intramolecular Hbond substituents is 1. The number of H-pyrrole nitrogens is 1. The molecule has 4 atom stereocenters. The Morgan fingerprint density at radius 2 is 1.45 bits per heavy atom. The van der Waals surface area contributed by atoms with Crippen molar-refractivity contribution in [2.75, 3.05) is 0 Å². The van der Waals surface area contributed by atoms with Gasteiger partial charge in [0.05, 0.1) is 12.5 Å². The van der Waals surface area contributed by atoms with E-state index in [0.29, 0.717) is 11.1 Å². The van der Waals surface area contributed by atoms with Crippen LogP contribution in [-0.4, -0.2) is 69.0 Å². The van der Waals surface area contributed by atoms with E-state index in [1.54, 1.807) is 12.3 Å². The van der Waals surface area contributed by atoms with E-state index in [1.165, 1.54) is 31.2 Å². The highest BCUT2D eigenvalue weighted by atomic mass is 16.4. The van der Waals surface area contributed by atoms with E-state index in [4.69, 9.17) is 11.5 Å². The van der Waals surface area contributed by atoms with Gasteiger partial charge in [-0.05, 0) is 36.2 Å². The van der Waals surface area contributed by atoms with Gasteiger partial charge in [0.2, 0.25) is 23.6 Å². The summed E-state index contributed by atoms with van der Waals surface area (Å²) in [6, 6.07) is 8.06. The van der Waals surface area contributed by atoms with Crippen LogP contribution in [0.15, 0.2) is 54.7 Å². The summed E-state index contributed by atoms with van der Waals surface area (Å²) in [6.07, 6.45) is 0.979. The van der Waals surface area contributed by atoms with Gasteiger partial charge in [0, 0.05) is 29.9 Å². The minimum atomic E-state index is -1.42. The Morgan fingerprint density at radius 3 is 2.08 bits per heavy atom. The molecule has 4 amide bonds. The summed E-state index contributed by atoms with van der Waals surface area (Å²) in [5.41, 5.74) is 12.8. The van der Waals surface area contributed by atoms with Crippen LogP contribution in [0.3, 0.4) is 0 Å². The van der Waals surface area contributed by atoms with Crippen molar-refractivity contribution < 1.29 is 34.2 Å². The average Bonchev–Trinajstić information content (AvgIpc) is 3.30. The molecule has 0 saturated carbocycles. The molecule has 0 spiro atoms. The van der Waals surface area contributed by atoms with Crippen LogP contribution < -0.4 is 27.4 Å². The predicted molar refractivity (Wildman–Crippen MR) is 145 cm³/mol. The standard InChI is InChI=1S/C27H32N6O7/c1-14(28)24(36)31-21(12-23(29)35)26(38)32-20(11-16-13-30-19-5-3-2-4-18(16)19)25(37)33-22(27(39)40)10-15-6-8-17(34)9-7-15/h2-9,13-14,20-22,30,34H,10-12,28H2,1H3,(H2,29,35)(H,31,36)(H,32,38)(H,33,37)(H,39,40). The number of aromatic amines is 1. The Hall–Kier alpha value is -4.91. The first-order chi connectivity index (χ1) is 18.9. The number of carboxylic acids is 1. The Morgan fingerprint density at radius 1 is 0.850 bits per heavy atom. The number of nitrogens with two attached hydrogens (primary N) is 2. The molecule has 1 aromatic heterocycles. The number of fused-ring (bicyclic) bond motifs is 1. The van der Waals surface area contributed by atoms with Crippen molar-refractivity contribution in [3.8, 4) is 5.75 Å². The molecule has 0 aliphatic heterocycles. The normalized spacial score (nSPS) is 13.9. The van der Waals surface area contributed by atoms with Crippen LogP contribution in [0, 0.1) is 0 Å². The fraction of sp³-hybridized carbons (Fsp3) is 0.296. The zero-order valence-corrected chi connectivity index (χ0v) is 21.7. The zero-order chi connectivity index (χ0) is 29.4. The molecule has 0 aliphatic rings. The second-order valence-electron chi connectivity index (χ2n) is 9.42. The first kappa shape index (κ1) is 29.6. The first-order valence-electron chi connectivity index (χ1n) is 12.4. The van der Waals surface area contributed by atoms with Gasteiger partial charge in [-0.2, -0.15) is 0 Å². The Labute approximate surface area is 229 Å². The molecule has 0 radical (unpaired) electrons. The summed E-state index contributed by atoms with van der Waals surface area (Å²) in [7, 11) is 0. The lowest BCUT2D eigenvalue weighted by Gasteiger charge is -2.24. The SMILES string of the molecule is CC(N)C(=O)NC(CC(N)=O)C(=O)NC(Cc1c[nH]c2ccccc12)C(=O)NC(Cc1ccc(O)cc1)C(=O)O. The van der Waals surface area contributed by atoms with E-state index >= 15 is 0 Å². The quantitative estimate of drug-likeness (QED) is 0.136. The highest BCUT2D eigenvalue weighted by Crippen LogP contribution is 2.19.